The Hall–Kier alpha value is -2.31. The van der Waals surface area contributed by atoms with Crippen molar-refractivity contribution in [3.63, 3.8) is 0 Å². The van der Waals surface area contributed by atoms with Crippen molar-refractivity contribution in [3.8, 4) is 0 Å². The van der Waals surface area contributed by atoms with Crippen molar-refractivity contribution >= 4 is 32.1 Å². The molecule has 0 N–H and O–H groups in total. The van der Waals surface area contributed by atoms with Crippen LogP contribution in [-0.4, -0.2) is 7.05 Å². The van der Waals surface area contributed by atoms with Crippen molar-refractivity contribution in [3.05, 3.63) is 82.9 Å². The van der Waals surface area contributed by atoms with Gasteiger partial charge in [0.2, 0.25) is 0 Å². The SMILES string of the molecule is CN1c2ccccc2Cc2cc3c(cc21)Cc1ccccc1N3P. The number of hydrogen-bond donors (Lipinski definition) is 0. The van der Waals surface area contributed by atoms with Crippen LogP contribution in [0.2, 0.25) is 0 Å². The second-order valence-corrected chi connectivity index (χ2v) is 7.17. The summed E-state index contributed by atoms with van der Waals surface area (Å²) < 4.78 is 2.26. The molecule has 5 rings (SSSR count). The van der Waals surface area contributed by atoms with Crippen molar-refractivity contribution in [2.45, 2.75) is 12.8 Å². The fraction of sp³-hybridized carbons (Fsp3) is 0.143. The minimum absolute atomic E-state index is 0.999. The smallest absolute Gasteiger partial charge is 0.0481 e. The van der Waals surface area contributed by atoms with E-state index in [1.165, 1.54) is 45.0 Å². The number of benzene rings is 3. The molecule has 1 unspecified atom stereocenters. The van der Waals surface area contributed by atoms with E-state index in [4.69, 9.17) is 0 Å². The van der Waals surface area contributed by atoms with Crippen LogP contribution in [0, 0.1) is 0 Å². The lowest BCUT2D eigenvalue weighted by Gasteiger charge is -2.35. The first-order valence-corrected chi connectivity index (χ1v) is 8.84. The van der Waals surface area contributed by atoms with Crippen LogP contribution in [0.1, 0.15) is 22.3 Å². The summed E-state index contributed by atoms with van der Waals surface area (Å²) in [6, 6.07) is 22.1. The molecule has 3 aromatic carbocycles. The molecule has 0 aromatic heterocycles. The third kappa shape index (κ3) is 1.93. The Bertz CT molecular complexity index is 885. The van der Waals surface area contributed by atoms with E-state index in [0.717, 1.165) is 12.8 Å². The second-order valence-electron chi connectivity index (χ2n) is 6.65. The van der Waals surface area contributed by atoms with Gasteiger partial charge >= 0.3 is 0 Å². The van der Waals surface area contributed by atoms with E-state index in [1.807, 2.05) is 0 Å². The van der Waals surface area contributed by atoms with Gasteiger partial charge in [-0.15, -0.1) is 0 Å². The van der Waals surface area contributed by atoms with Crippen molar-refractivity contribution in [1.82, 2.24) is 0 Å². The molecule has 0 amide bonds. The van der Waals surface area contributed by atoms with Gasteiger partial charge in [-0.3, -0.25) is 0 Å². The molecule has 24 heavy (non-hydrogen) atoms. The van der Waals surface area contributed by atoms with E-state index in [2.05, 4.69) is 86.7 Å². The number of rotatable bonds is 0. The van der Waals surface area contributed by atoms with Crippen molar-refractivity contribution in [2.75, 3.05) is 16.6 Å². The predicted octanol–water partition coefficient (Wildman–Crippen LogP) is 5.19. The van der Waals surface area contributed by atoms with E-state index >= 15 is 0 Å². The molecular weight excluding hydrogens is 311 g/mol. The Morgan fingerprint density at radius 1 is 0.667 bits per heavy atom. The maximum absolute atomic E-state index is 2.89. The largest absolute Gasteiger partial charge is 0.344 e. The molecule has 0 aliphatic carbocycles. The van der Waals surface area contributed by atoms with Gasteiger partial charge in [-0.1, -0.05) is 36.4 Å². The number of fused-ring (bicyclic) bond motifs is 4. The highest BCUT2D eigenvalue weighted by molar-refractivity contribution is 7.20. The van der Waals surface area contributed by atoms with Gasteiger partial charge in [0.15, 0.2) is 0 Å². The zero-order valence-corrected chi connectivity index (χ0v) is 14.8. The number of para-hydroxylation sites is 2. The molecule has 0 fully saturated rings. The molecular formula is C21H19N2P. The molecule has 2 aliphatic heterocycles. The minimum atomic E-state index is 0.999. The Labute approximate surface area is 145 Å². The summed E-state index contributed by atoms with van der Waals surface area (Å²) >= 11 is 0. The molecule has 118 valence electrons. The highest BCUT2D eigenvalue weighted by atomic mass is 31.0. The van der Waals surface area contributed by atoms with Crippen molar-refractivity contribution in [1.29, 1.82) is 0 Å². The number of hydrogen-bond acceptors (Lipinski definition) is 2. The molecule has 0 spiro atoms. The topological polar surface area (TPSA) is 6.48 Å². The highest BCUT2D eigenvalue weighted by Gasteiger charge is 2.25. The molecule has 2 nitrogen and oxygen atoms in total. The monoisotopic (exact) mass is 330 g/mol. The standard InChI is InChI=1S/C21H19N2P/c1-22-18-8-4-2-6-14(18)10-16-13-21-17(12-20(16)22)11-15-7-3-5-9-19(15)23(21)24/h2-9,12-13H,10-11,24H2,1H3. The lowest BCUT2D eigenvalue weighted by Crippen LogP contribution is -2.21. The van der Waals surface area contributed by atoms with Crippen LogP contribution < -0.4 is 9.57 Å². The summed E-state index contributed by atoms with van der Waals surface area (Å²) in [7, 11) is 5.07. The lowest BCUT2D eigenvalue weighted by molar-refractivity contribution is 1.03. The van der Waals surface area contributed by atoms with Gasteiger partial charge in [-0.25, -0.2) is 0 Å². The van der Waals surface area contributed by atoms with E-state index in [0.29, 0.717) is 0 Å². The van der Waals surface area contributed by atoms with Gasteiger partial charge in [-0.05, 0) is 55.9 Å². The Kier molecular flexibility index (Phi) is 2.98. The van der Waals surface area contributed by atoms with E-state index < -0.39 is 0 Å². The fourth-order valence-corrected chi connectivity index (χ4v) is 4.53. The van der Waals surface area contributed by atoms with Crippen LogP contribution in [0.15, 0.2) is 60.7 Å². The van der Waals surface area contributed by atoms with Crippen LogP contribution in [0.3, 0.4) is 0 Å². The van der Waals surface area contributed by atoms with Crippen LogP contribution in [0.4, 0.5) is 22.7 Å². The molecule has 2 aliphatic rings. The summed E-state index contributed by atoms with van der Waals surface area (Å²) in [6.45, 7) is 0. The van der Waals surface area contributed by atoms with Gasteiger partial charge in [0, 0.05) is 42.6 Å². The third-order valence-corrected chi connectivity index (χ3v) is 5.82. The zero-order valence-electron chi connectivity index (χ0n) is 13.7. The highest BCUT2D eigenvalue weighted by Crippen LogP contribution is 2.46. The first-order chi connectivity index (χ1) is 11.7. The van der Waals surface area contributed by atoms with Crippen LogP contribution in [-0.2, 0) is 12.8 Å². The van der Waals surface area contributed by atoms with Crippen LogP contribution in [0.5, 0.6) is 0 Å². The van der Waals surface area contributed by atoms with Crippen molar-refractivity contribution < 1.29 is 0 Å². The molecule has 3 heteroatoms. The quantitative estimate of drug-likeness (QED) is 0.523. The molecule has 1 atom stereocenters. The second kappa shape index (κ2) is 5.09. The number of anilines is 4. The number of nitrogens with zero attached hydrogens (tertiary/aromatic N) is 2. The molecule has 0 radical (unpaired) electrons. The molecule has 3 aromatic rings. The summed E-state index contributed by atoms with van der Waals surface area (Å²) in [6.07, 6.45) is 2.00. The summed E-state index contributed by atoms with van der Waals surface area (Å²) in [5.74, 6) is 0. The van der Waals surface area contributed by atoms with Gasteiger partial charge in [0.05, 0.1) is 0 Å². The van der Waals surface area contributed by atoms with E-state index in [-0.39, 0.29) is 0 Å². The van der Waals surface area contributed by atoms with E-state index in [1.54, 1.807) is 0 Å². The zero-order chi connectivity index (χ0) is 16.3. The van der Waals surface area contributed by atoms with Gasteiger partial charge in [-0.2, -0.15) is 0 Å². The van der Waals surface area contributed by atoms with Gasteiger partial charge in [0.25, 0.3) is 0 Å². The average Bonchev–Trinajstić information content (AvgIpc) is 2.62. The minimum Gasteiger partial charge on any atom is -0.344 e. The summed E-state index contributed by atoms with van der Waals surface area (Å²) in [5.41, 5.74) is 10.9. The Balaban J connectivity index is 1.67. The fourth-order valence-electron chi connectivity index (χ4n) is 4.04. The maximum atomic E-state index is 2.89. The molecule has 0 bridgehead atoms. The lowest BCUT2D eigenvalue weighted by atomic mass is 9.90. The van der Waals surface area contributed by atoms with Crippen LogP contribution in [0.25, 0.3) is 0 Å². The first-order valence-electron chi connectivity index (χ1n) is 8.32. The normalized spacial score (nSPS) is 14.6. The maximum Gasteiger partial charge on any atom is 0.0481 e. The Morgan fingerprint density at radius 3 is 1.96 bits per heavy atom. The predicted molar refractivity (Wildman–Crippen MR) is 105 cm³/mol. The summed E-state index contributed by atoms with van der Waals surface area (Å²) in [5, 5.41) is 0. The van der Waals surface area contributed by atoms with Gasteiger partial charge in [0.1, 0.15) is 0 Å². The molecule has 2 heterocycles. The van der Waals surface area contributed by atoms with Crippen molar-refractivity contribution in [2.24, 2.45) is 0 Å². The third-order valence-electron chi connectivity index (χ3n) is 5.27. The summed E-state index contributed by atoms with van der Waals surface area (Å²) in [4.78, 5) is 2.34. The molecule has 0 saturated carbocycles. The molecule has 0 saturated heterocycles. The Morgan fingerprint density at radius 2 is 1.21 bits per heavy atom. The first kappa shape index (κ1) is 14.1. The van der Waals surface area contributed by atoms with Crippen LogP contribution >= 0.6 is 9.39 Å². The van der Waals surface area contributed by atoms with E-state index in [9.17, 15) is 0 Å². The van der Waals surface area contributed by atoms with Gasteiger partial charge < -0.3 is 9.57 Å². The average molecular weight is 330 g/mol.